The summed E-state index contributed by atoms with van der Waals surface area (Å²) in [4.78, 5) is 25.6. The number of fused-ring (bicyclic) bond motifs is 7. The number of methoxy groups -OCH3 is 1. The minimum Gasteiger partial charge on any atom is -0.504 e. The molecule has 0 radical (unpaired) electrons. The molecule has 0 heterocycles. The third kappa shape index (κ3) is 2.75. The number of aliphatic hydroxyl groups excluding tert-OH is 1. The number of allylic oxidation sites excluding steroid dienone is 5. The second kappa shape index (κ2) is 7.13. The summed E-state index contributed by atoms with van der Waals surface area (Å²) in [6.45, 7) is 16.4. The quantitative estimate of drug-likeness (QED) is 0.401. The summed E-state index contributed by atoms with van der Waals surface area (Å²) in [5.41, 5.74) is 2.72. The zero-order chi connectivity index (χ0) is 25.8. The van der Waals surface area contributed by atoms with E-state index in [1.807, 2.05) is 6.92 Å². The summed E-state index contributed by atoms with van der Waals surface area (Å²) < 4.78 is 5.30. The Hall–Kier alpha value is -1.84. The summed E-state index contributed by atoms with van der Waals surface area (Å²) in [5.74, 6) is 0.0409. The van der Waals surface area contributed by atoms with Crippen molar-refractivity contribution in [2.45, 2.75) is 99.8 Å². The van der Waals surface area contributed by atoms with E-state index in [1.54, 1.807) is 6.08 Å². The normalized spacial score (nSPS) is 49.1. The molecule has 0 bridgehead atoms. The molecule has 7 atom stereocenters. The zero-order valence-electron chi connectivity index (χ0n) is 23.1. The Morgan fingerprint density at radius 1 is 0.971 bits per heavy atom. The molecule has 0 saturated heterocycles. The fraction of sp³-hybridized carbons (Fsp3) is 0.742. The molecule has 5 rings (SSSR count). The van der Waals surface area contributed by atoms with Crippen LogP contribution in [0.5, 0.6) is 0 Å². The average molecular weight is 481 g/mol. The van der Waals surface area contributed by atoms with Gasteiger partial charge in [0.05, 0.1) is 12.5 Å². The van der Waals surface area contributed by atoms with E-state index in [-0.39, 0.29) is 44.6 Å². The molecule has 192 valence electrons. The minimum absolute atomic E-state index is 0.0315. The van der Waals surface area contributed by atoms with Crippen molar-refractivity contribution < 1.29 is 19.4 Å². The molecule has 3 fully saturated rings. The van der Waals surface area contributed by atoms with Gasteiger partial charge in [-0.2, -0.15) is 0 Å². The van der Waals surface area contributed by atoms with Crippen LogP contribution in [-0.4, -0.2) is 24.0 Å². The van der Waals surface area contributed by atoms with Gasteiger partial charge in [-0.05, 0) is 115 Å². The summed E-state index contributed by atoms with van der Waals surface area (Å²) >= 11 is 0. The van der Waals surface area contributed by atoms with Crippen LogP contribution in [-0.2, 0) is 14.3 Å². The number of carbonyl (C=O) groups is 2. The Balaban J connectivity index is 1.63. The van der Waals surface area contributed by atoms with Gasteiger partial charge in [-0.25, -0.2) is 0 Å². The molecule has 3 saturated carbocycles. The van der Waals surface area contributed by atoms with E-state index >= 15 is 0 Å². The summed E-state index contributed by atoms with van der Waals surface area (Å²) in [5, 5.41) is 10.4. The molecule has 0 aliphatic heterocycles. The molecule has 4 nitrogen and oxygen atoms in total. The van der Waals surface area contributed by atoms with E-state index in [2.05, 4.69) is 47.6 Å². The van der Waals surface area contributed by atoms with Crippen LogP contribution in [0.1, 0.15) is 99.8 Å². The number of aliphatic hydroxyl groups is 1. The number of carbonyl (C=O) groups excluding carboxylic acids is 2. The third-order valence-corrected chi connectivity index (χ3v) is 13.1. The monoisotopic (exact) mass is 480 g/mol. The van der Waals surface area contributed by atoms with Gasteiger partial charge in [0.25, 0.3) is 0 Å². The Labute approximate surface area is 211 Å². The molecule has 5 aliphatic rings. The average Bonchev–Trinajstić information content (AvgIpc) is 2.82. The van der Waals surface area contributed by atoms with Crippen molar-refractivity contribution in [3.8, 4) is 0 Å². The van der Waals surface area contributed by atoms with Crippen LogP contribution in [0, 0.1) is 38.4 Å². The lowest BCUT2D eigenvalue weighted by atomic mass is 9.28. The van der Waals surface area contributed by atoms with E-state index in [9.17, 15) is 14.7 Å². The highest BCUT2D eigenvalue weighted by Gasteiger charge is 2.72. The van der Waals surface area contributed by atoms with Crippen molar-refractivity contribution in [3.05, 3.63) is 34.6 Å². The molecular formula is C31H44O4. The van der Waals surface area contributed by atoms with E-state index in [0.29, 0.717) is 5.92 Å². The number of hydrogen-bond donors (Lipinski definition) is 1. The van der Waals surface area contributed by atoms with Crippen molar-refractivity contribution in [3.63, 3.8) is 0 Å². The highest BCUT2D eigenvalue weighted by Crippen LogP contribution is 2.80. The molecule has 35 heavy (non-hydrogen) atoms. The maximum Gasteiger partial charge on any atom is 0.311 e. The van der Waals surface area contributed by atoms with Crippen molar-refractivity contribution in [1.82, 2.24) is 0 Å². The van der Waals surface area contributed by atoms with Crippen LogP contribution in [0.3, 0.4) is 0 Å². The number of ether oxygens (including phenoxy) is 1. The lowest BCUT2D eigenvalue weighted by Crippen LogP contribution is -2.68. The first-order valence-corrected chi connectivity index (χ1v) is 13.6. The van der Waals surface area contributed by atoms with Gasteiger partial charge in [-0.15, -0.1) is 0 Å². The summed E-state index contributed by atoms with van der Waals surface area (Å²) in [6.07, 6.45) is 12.3. The van der Waals surface area contributed by atoms with Crippen LogP contribution >= 0.6 is 0 Å². The Kier molecular flexibility index (Phi) is 5.06. The minimum atomic E-state index is -0.417. The first-order chi connectivity index (χ1) is 16.1. The van der Waals surface area contributed by atoms with Crippen molar-refractivity contribution >= 4 is 11.8 Å². The SMILES string of the molecule is COC(=O)[C@]1(C)CC[C@]2(C)CC[C@]3(C)[C@]4(C)CC=C5C(=CC(=O)C(O)=C5C)[C@]4(C)CC[C@@]3(C)[C@@H]2C1. The zero-order valence-corrected chi connectivity index (χ0v) is 23.1. The predicted octanol–water partition coefficient (Wildman–Crippen LogP) is 7.26. The smallest absolute Gasteiger partial charge is 0.311 e. The van der Waals surface area contributed by atoms with Gasteiger partial charge in [0, 0.05) is 5.57 Å². The molecule has 0 spiro atoms. The molecule has 5 aliphatic carbocycles. The first kappa shape index (κ1) is 24.8. The van der Waals surface area contributed by atoms with Crippen LogP contribution < -0.4 is 0 Å². The van der Waals surface area contributed by atoms with Crippen LogP contribution in [0.4, 0.5) is 0 Å². The van der Waals surface area contributed by atoms with E-state index < -0.39 is 5.41 Å². The molecule has 0 aromatic rings. The number of rotatable bonds is 1. The Morgan fingerprint density at radius 3 is 2.29 bits per heavy atom. The Morgan fingerprint density at radius 2 is 1.63 bits per heavy atom. The molecule has 4 heteroatoms. The van der Waals surface area contributed by atoms with Gasteiger partial charge in [0.15, 0.2) is 5.76 Å². The maximum atomic E-state index is 12.9. The van der Waals surface area contributed by atoms with Gasteiger partial charge in [0.2, 0.25) is 5.78 Å². The molecule has 0 aromatic heterocycles. The summed E-state index contributed by atoms with van der Waals surface area (Å²) in [6, 6.07) is 0. The largest absolute Gasteiger partial charge is 0.504 e. The highest BCUT2D eigenvalue weighted by molar-refractivity contribution is 6.06. The van der Waals surface area contributed by atoms with Crippen LogP contribution in [0.25, 0.3) is 0 Å². The molecule has 0 aromatic carbocycles. The van der Waals surface area contributed by atoms with E-state index in [1.165, 1.54) is 20.0 Å². The molecular weight excluding hydrogens is 436 g/mol. The van der Waals surface area contributed by atoms with Crippen LogP contribution in [0.2, 0.25) is 0 Å². The molecule has 0 unspecified atom stereocenters. The van der Waals surface area contributed by atoms with E-state index in [4.69, 9.17) is 4.74 Å². The topological polar surface area (TPSA) is 63.6 Å². The summed E-state index contributed by atoms with van der Waals surface area (Å²) in [7, 11) is 1.53. The van der Waals surface area contributed by atoms with Gasteiger partial charge in [-0.3, -0.25) is 9.59 Å². The Bertz CT molecular complexity index is 1110. The fourth-order valence-corrected chi connectivity index (χ4v) is 9.92. The molecule has 0 amide bonds. The predicted molar refractivity (Wildman–Crippen MR) is 138 cm³/mol. The lowest BCUT2D eigenvalue weighted by molar-refractivity contribution is -0.251. The fourth-order valence-electron chi connectivity index (χ4n) is 9.92. The van der Waals surface area contributed by atoms with Crippen molar-refractivity contribution in [1.29, 1.82) is 0 Å². The van der Waals surface area contributed by atoms with Gasteiger partial charge in [0.1, 0.15) is 0 Å². The first-order valence-electron chi connectivity index (χ1n) is 13.6. The van der Waals surface area contributed by atoms with Crippen LogP contribution in [0.15, 0.2) is 34.6 Å². The van der Waals surface area contributed by atoms with Crippen molar-refractivity contribution in [2.24, 2.45) is 38.4 Å². The van der Waals surface area contributed by atoms with Gasteiger partial charge < -0.3 is 9.84 Å². The lowest BCUT2D eigenvalue weighted by Gasteiger charge is -2.75. The molecule has 1 N–H and O–H groups in total. The second-order valence-electron chi connectivity index (χ2n) is 14.1. The standard InChI is InChI=1S/C31H44O4/c1-19-20-9-10-30(6)28(4,21(20)17-22(32)24(19)33)14-15-29(5)23-18-27(3,25(34)35-8)12-11-26(23,2)13-16-31(29,30)7/h9,17,23,33H,10-16,18H2,1-8H3/t23-,26-,27-,28+,29+,30-,31+/m1/s1. The van der Waals surface area contributed by atoms with Gasteiger partial charge >= 0.3 is 5.97 Å². The number of ketones is 1. The second-order valence-corrected chi connectivity index (χ2v) is 14.1. The number of esters is 1. The highest BCUT2D eigenvalue weighted by atomic mass is 16.5. The van der Waals surface area contributed by atoms with Gasteiger partial charge in [-0.1, -0.05) is 40.7 Å². The van der Waals surface area contributed by atoms with Crippen molar-refractivity contribution in [2.75, 3.05) is 7.11 Å². The maximum absolute atomic E-state index is 12.9. The van der Waals surface area contributed by atoms with E-state index in [0.717, 1.165) is 55.2 Å². The number of hydrogen-bond acceptors (Lipinski definition) is 4. The third-order valence-electron chi connectivity index (χ3n) is 13.1.